The Morgan fingerprint density at radius 3 is 3.16 bits per heavy atom. The molecular formula is C14H18N2OS2. The molecule has 0 aliphatic carbocycles. The van der Waals surface area contributed by atoms with Gasteiger partial charge in [0.05, 0.1) is 5.69 Å². The SMILES string of the molecule is OCC1CCCN(Cc2csc(-c3ccsc3)n2)C1. The Kier molecular flexibility index (Phi) is 4.28. The molecule has 2 aromatic heterocycles. The number of thiophene rings is 1. The van der Waals surface area contributed by atoms with Gasteiger partial charge in [-0.2, -0.15) is 11.3 Å². The molecule has 0 spiro atoms. The Morgan fingerprint density at radius 1 is 1.42 bits per heavy atom. The summed E-state index contributed by atoms with van der Waals surface area (Å²) >= 11 is 3.43. The zero-order chi connectivity index (χ0) is 13.1. The normalized spacial score (nSPS) is 20.8. The number of thiazole rings is 1. The van der Waals surface area contributed by atoms with Crippen LogP contribution in [0.1, 0.15) is 18.5 Å². The maximum Gasteiger partial charge on any atom is 0.124 e. The van der Waals surface area contributed by atoms with Crippen molar-refractivity contribution >= 4 is 22.7 Å². The van der Waals surface area contributed by atoms with Crippen LogP contribution in [0.25, 0.3) is 10.6 Å². The van der Waals surface area contributed by atoms with E-state index in [-0.39, 0.29) is 0 Å². The highest BCUT2D eigenvalue weighted by atomic mass is 32.1. The van der Waals surface area contributed by atoms with Crippen LogP contribution in [-0.2, 0) is 6.54 Å². The lowest BCUT2D eigenvalue weighted by atomic mass is 9.99. The Labute approximate surface area is 121 Å². The van der Waals surface area contributed by atoms with Crippen LogP contribution < -0.4 is 0 Å². The van der Waals surface area contributed by atoms with E-state index in [1.54, 1.807) is 22.7 Å². The molecule has 0 aromatic carbocycles. The van der Waals surface area contributed by atoms with E-state index in [1.807, 2.05) is 0 Å². The molecular weight excluding hydrogens is 276 g/mol. The maximum atomic E-state index is 9.26. The number of rotatable bonds is 4. The molecule has 3 heterocycles. The second-order valence-corrected chi connectivity index (χ2v) is 6.72. The van der Waals surface area contributed by atoms with Crippen LogP contribution in [0.4, 0.5) is 0 Å². The van der Waals surface area contributed by atoms with E-state index in [0.717, 1.165) is 36.8 Å². The molecule has 0 amide bonds. The molecule has 1 fully saturated rings. The molecule has 2 aromatic rings. The molecule has 1 aliphatic heterocycles. The summed E-state index contributed by atoms with van der Waals surface area (Å²) in [5, 5.41) is 16.8. The van der Waals surface area contributed by atoms with Crippen LogP contribution in [0.5, 0.6) is 0 Å². The zero-order valence-corrected chi connectivity index (χ0v) is 12.4. The van der Waals surface area contributed by atoms with Crippen LogP contribution in [-0.4, -0.2) is 34.7 Å². The average molecular weight is 294 g/mol. The monoisotopic (exact) mass is 294 g/mol. The van der Waals surface area contributed by atoms with Crippen molar-refractivity contribution in [2.24, 2.45) is 5.92 Å². The van der Waals surface area contributed by atoms with Crippen molar-refractivity contribution in [2.45, 2.75) is 19.4 Å². The predicted molar refractivity (Wildman–Crippen MR) is 80.5 cm³/mol. The lowest BCUT2D eigenvalue weighted by Gasteiger charge is -2.31. The van der Waals surface area contributed by atoms with Gasteiger partial charge in [-0.3, -0.25) is 4.90 Å². The summed E-state index contributed by atoms with van der Waals surface area (Å²) < 4.78 is 0. The summed E-state index contributed by atoms with van der Waals surface area (Å²) in [6.45, 7) is 3.36. The first-order valence-electron chi connectivity index (χ1n) is 6.65. The minimum atomic E-state index is 0.313. The van der Waals surface area contributed by atoms with Crippen LogP contribution >= 0.6 is 22.7 Å². The van der Waals surface area contributed by atoms with Crippen molar-refractivity contribution in [1.82, 2.24) is 9.88 Å². The molecule has 0 radical (unpaired) electrons. The fraction of sp³-hybridized carbons (Fsp3) is 0.500. The van der Waals surface area contributed by atoms with Crippen LogP contribution in [0.3, 0.4) is 0 Å². The molecule has 3 rings (SSSR count). The third-order valence-electron chi connectivity index (χ3n) is 3.57. The van der Waals surface area contributed by atoms with Gasteiger partial charge in [0.25, 0.3) is 0 Å². The number of aliphatic hydroxyl groups is 1. The average Bonchev–Trinajstić information content (AvgIpc) is 3.09. The summed E-state index contributed by atoms with van der Waals surface area (Å²) in [6.07, 6.45) is 2.34. The summed E-state index contributed by atoms with van der Waals surface area (Å²) in [6, 6.07) is 2.12. The van der Waals surface area contributed by atoms with Crippen molar-refractivity contribution in [3.8, 4) is 10.6 Å². The van der Waals surface area contributed by atoms with Gasteiger partial charge in [-0.15, -0.1) is 11.3 Å². The largest absolute Gasteiger partial charge is 0.396 e. The van der Waals surface area contributed by atoms with Crippen LogP contribution in [0, 0.1) is 5.92 Å². The van der Waals surface area contributed by atoms with Gasteiger partial charge < -0.3 is 5.11 Å². The Hall–Kier alpha value is -0.750. The summed E-state index contributed by atoms with van der Waals surface area (Å²) in [7, 11) is 0. The van der Waals surface area contributed by atoms with E-state index >= 15 is 0 Å². The predicted octanol–water partition coefficient (Wildman–Crippen LogP) is 3.08. The third-order valence-corrected chi connectivity index (χ3v) is 5.19. The van der Waals surface area contributed by atoms with Gasteiger partial charge in [-0.25, -0.2) is 4.98 Å². The molecule has 0 bridgehead atoms. The topological polar surface area (TPSA) is 36.4 Å². The summed E-state index contributed by atoms with van der Waals surface area (Å²) in [5.41, 5.74) is 2.39. The fourth-order valence-electron chi connectivity index (χ4n) is 2.57. The van der Waals surface area contributed by atoms with Gasteiger partial charge in [0.1, 0.15) is 5.01 Å². The molecule has 0 saturated carbocycles. The van der Waals surface area contributed by atoms with E-state index in [9.17, 15) is 5.11 Å². The lowest BCUT2D eigenvalue weighted by Crippen LogP contribution is -2.36. The summed E-state index contributed by atoms with van der Waals surface area (Å²) in [5.74, 6) is 0.448. The Morgan fingerprint density at radius 2 is 2.37 bits per heavy atom. The second kappa shape index (κ2) is 6.13. The molecule has 1 N–H and O–H groups in total. The fourth-order valence-corrected chi connectivity index (χ4v) is 4.09. The number of hydrogen-bond acceptors (Lipinski definition) is 5. The highest BCUT2D eigenvalue weighted by Gasteiger charge is 2.20. The van der Waals surface area contributed by atoms with Gasteiger partial charge in [-0.1, -0.05) is 0 Å². The minimum Gasteiger partial charge on any atom is -0.396 e. The standard InChI is InChI=1S/C14H18N2OS2/c17-8-11-2-1-4-16(6-11)7-13-10-19-14(15-13)12-3-5-18-9-12/h3,5,9-11,17H,1-2,4,6-8H2. The zero-order valence-electron chi connectivity index (χ0n) is 10.8. The van der Waals surface area contributed by atoms with Crippen LogP contribution in [0.2, 0.25) is 0 Å². The second-order valence-electron chi connectivity index (χ2n) is 5.08. The highest BCUT2D eigenvalue weighted by molar-refractivity contribution is 7.14. The first-order chi connectivity index (χ1) is 9.35. The van der Waals surface area contributed by atoms with Gasteiger partial charge >= 0.3 is 0 Å². The smallest absolute Gasteiger partial charge is 0.124 e. The van der Waals surface area contributed by atoms with Crippen molar-refractivity contribution in [1.29, 1.82) is 0 Å². The lowest BCUT2D eigenvalue weighted by molar-refractivity contribution is 0.115. The molecule has 1 saturated heterocycles. The quantitative estimate of drug-likeness (QED) is 0.941. The number of aromatic nitrogens is 1. The van der Waals surface area contributed by atoms with Gasteiger partial charge in [0.15, 0.2) is 0 Å². The molecule has 3 nitrogen and oxygen atoms in total. The highest BCUT2D eigenvalue weighted by Crippen LogP contribution is 2.26. The number of aliphatic hydroxyl groups excluding tert-OH is 1. The van der Waals surface area contributed by atoms with Crippen molar-refractivity contribution < 1.29 is 5.11 Å². The summed E-state index contributed by atoms with van der Waals surface area (Å²) in [4.78, 5) is 7.13. The number of hydrogen-bond donors (Lipinski definition) is 1. The first-order valence-corrected chi connectivity index (χ1v) is 8.47. The molecule has 5 heteroatoms. The van der Waals surface area contributed by atoms with Crippen molar-refractivity contribution in [3.63, 3.8) is 0 Å². The Balaban J connectivity index is 1.64. The molecule has 102 valence electrons. The van der Waals surface area contributed by atoms with Gasteiger partial charge in [-0.05, 0) is 36.8 Å². The van der Waals surface area contributed by atoms with Gasteiger partial charge in [0.2, 0.25) is 0 Å². The Bertz CT molecular complexity index is 509. The molecule has 1 aliphatic rings. The number of piperidine rings is 1. The first kappa shape index (κ1) is 13.2. The van der Waals surface area contributed by atoms with Crippen LogP contribution in [0.15, 0.2) is 22.2 Å². The molecule has 1 atom stereocenters. The van der Waals surface area contributed by atoms with Gasteiger partial charge in [0, 0.05) is 36.0 Å². The molecule has 19 heavy (non-hydrogen) atoms. The van der Waals surface area contributed by atoms with Crippen molar-refractivity contribution in [3.05, 3.63) is 27.9 Å². The van der Waals surface area contributed by atoms with E-state index < -0.39 is 0 Å². The van der Waals surface area contributed by atoms with E-state index in [1.165, 1.54) is 12.0 Å². The maximum absolute atomic E-state index is 9.26. The molecule has 1 unspecified atom stereocenters. The number of nitrogens with zero attached hydrogens (tertiary/aromatic N) is 2. The third kappa shape index (κ3) is 3.23. The number of likely N-dealkylation sites (tertiary alicyclic amines) is 1. The van der Waals surface area contributed by atoms with E-state index in [4.69, 9.17) is 4.98 Å². The van der Waals surface area contributed by atoms with Crippen molar-refractivity contribution in [2.75, 3.05) is 19.7 Å². The minimum absolute atomic E-state index is 0.313. The van der Waals surface area contributed by atoms with E-state index in [2.05, 4.69) is 27.1 Å². The van der Waals surface area contributed by atoms with E-state index in [0.29, 0.717) is 12.5 Å².